The summed E-state index contributed by atoms with van der Waals surface area (Å²) in [5.74, 6) is -0.872. The summed E-state index contributed by atoms with van der Waals surface area (Å²) in [6.07, 6.45) is 3.05. The van der Waals surface area contributed by atoms with Crippen molar-refractivity contribution in [2.45, 2.75) is 13.8 Å². The fourth-order valence-electron chi connectivity index (χ4n) is 2.03. The van der Waals surface area contributed by atoms with E-state index in [0.717, 1.165) is 21.4 Å². The maximum atomic E-state index is 12.1. The van der Waals surface area contributed by atoms with E-state index in [4.69, 9.17) is 4.74 Å². The summed E-state index contributed by atoms with van der Waals surface area (Å²) >= 11 is 4.39. The minimum atomic E-state index is -0.493. The monoisotopic (exact) mass is 418 g/mol. The van der Waals surface area contributed by atoms with Crippen LogP contribution in [0.2, 0.25) is 0 Å². The summed E-state index contributed by atoms with van der Waals surface area (Å²) in [7, 11) is 0. The maximum absolute atomic E-state index is 12.1. The summed E-state index contributed by atoms with van der Waals surface area (Å²) in [6, 6.07) is 9.50. The SMILES string of the molecule is CCOC(=O)c1sc(NC(=O)/C=C/c2ccc(Br)cc2)c(C#N)c1C. The highest BCUT2D eigenvalue weighted by atomic mass is 79.9. The van der Waals surface area contributed by atoms with Crippen LogP contribution in [0.4, 0.5) is 5.00 Å². The predicted molar refractivity (Wildman–Crippen MR) is 102 cm³/mol. The molecule has 0 bridgehead atoms. The summed E-state index contributed by atoms with van der Waals surface area (Å²) in [4.78, 5) is 24.4. The summed E-state index contributed by atoms with van der Waals surface area (Å²) in [5.41, 5.74) is 1.66. The van der Waals surface area contributed by atoms with Crippen molar-refractivity contribution in [3.05, 3.63) is 56.4 Å². The van der Waals surface area contributed by atoms with E-state index in [1.807, 2.05) is 30.3 Å². The average molecular weight is 419 g/mol. The van der Waals surface area contributed by atoms with Crippen LogP contribution in [0.25, 0.3) is 6.08 Å². The number of carbonyl (C=O) groups excluding carboxylic acids is 2. The number of nitrogens with zero attached hydrogens (tertiary/aromatic N) is 1. The third-order valence-corrected chi connectivity index (χ3v) is 4.97. The van der Waals surface area contributed by atoms with Gasteiger partial charge in [-0.1, -0.05) is 28.1 Å². The Bertz CT molecular complexity index is 864. The second-order valence-electron chi connectivity index (χ2n) is 4.97. The van der Waals surface area contributed by atoms with E-state index in [1.54, 1.807) is 19.9 Å². The van der Waals surface area contributed by atoms with Crippen LogP contribution in [-0.2, 0) is 9.53 Å². The van der Waals surface area contributed by atoms with E-state index >= 15 is 0 Å². The van der Waals surface area contributed by atoms with Gasteiger partial charge in [-0.25, -0.2) is 4.79 Å². The quantitative estimate of drug-likeness (QED) is 0.571. The molecule has 7 heteroatoms. The molecule has 0 aliphatic rings. The highest BCUT2D eigenvalue weighted by molar-refractivity contribution is 9.10. The number of rotatable bonds is 5. The van der Waals surface area contributed by atoms with Crippen LogP contribution in [0.3, 0.4) is 0 Å². The van der Waals surface area contributed by atoms with Gasteiger partial charge in [0.1, 0.15) is 15.9 Å². The van der Waals surface area contributed by atoms with Crippen LogP contribution in [0, 0.1) is 18.3 Å². The lowest BCUT2D eigenvalue weighted by molar-refractivity contribution is -0.111. The minimum absolute atomic E-state index is 0.246. The summed E-state index contributed by atoms with van der Waals surface area (Å²) < 4.78 is 5.93. The normalized spacial score (nSPS) is 10.5. The van der Waals surface area contributed by atoms with Crippen LogP contribution in [-0.4, -0.2) is 18.5 Å². The van der Waals surface area contributed by atoms with Crippen molar-refractivity contribution in [1.29, 1.82) is 5.26 Å². The Morgan fingerprint density at radius 3 is 2.64 bits per heavy atom. The van der Waals surface area contributed by atoms with E-state index in [1.165, 1.54) is 6.08 Å². The molecule has 0 atom stereocenters. The summed E-state index contributed by atoms with van der Waals surface area (Å²) in [5, 5.41) is 12.3. The Hall–Kier alpha value is -2.43. The zero-order chi connectivity index (χ0) is 18.4. The van der Waals surface area contributed by atoms with Gasteiger partial charge < -0.3 is 10.1 Å². The van der Waals surface area contributed by atoms with Gasteiger partial charge in [-0.3, -0.25) is 4.79 Å². The molecule has 0 fully saturated rings. The molecule has 2 rings (SSSR count). The first-order chi connectivity index (χ1) is 12.0. The van der Waals surface area contributed by atoms with Gasteiger partial charge >= 0.3 is 5.97 Å². The second kappa shape index (κ2) is 8.60. The molecule has 25 heavy (non-hydrogen) atoms. The van der Waals surface area contributed by atoms with Gasteiger partial charge in [-0.15, -0.1) is 11.3 Å². The van der Waals surface area contributed by atoms with E-state index in [2.05, 4.69) is 21.2 Å². The highest BCUT2D eigenvalue weighted by Crippen LogP contribution is 2.33. The smallest absolute Gasteiger partial charge is 0.348 e. The molecule has 1 N–H and O–H groups in total. The lowest BCUT2D eigenvalue weighted by Crippen LogP contribution is -2.07. The zero-order valence-electron chi connectivity index (χ0n) is 13.6. The van der Waals surface area contributed by atoms with Crippen molar-refractivity contribution in [3.8, 4) is 6.07 Å². The van der Waals surface area contributed by atoms with Crippen molar-refractivity contribution in [2.24, 2.45) is 0 Å². The molecular weight excluding hydrogens is 404 g/mol. The summed E-state index contributed by atoms with van der Waals surface area (Å²) in [6.45, 7) is 3.62. The lowest BCUT2D eigenvalue weighted by atomic mass is 10.1. The molecule has 0 spiro atoms. The van der Waals surface area contributed by atoms with Crippen LogP contribution >= 0.6 is 27.3 Å². The zero-order valence-corrected chi connectivity index (χ0v) is 16.0. The molecule has 1 aromatic carbocycles. The first-order valence-electron chi connectivity index (χ1n) is 7.41. The van der Waals surface area contributed by atoms with Crippen LogP contribution in [0.5, 0.6) is 0 Å². The Kier molecular flexibility index (Phi) is 6.51. The van der Waals surface area contributed by atoms with Gasteiger partial charge in [0.05, 0.1) is 12.2 Å². The van der Waals surface area contributed by atoms with Crippen molar-refractivity contribution >= 4 is 50.2 Å². The fraction of sp³-hybridized carbons (Fsp3) is 0.167. The standard InChI is InChI=1S/C18H15BrN2O3S/c1-3-24-18(23)16-11(2)14(10-20)17(25-16)21-15(22)9-6-12-4-7-13(19)8-5-12/h4-9H,3H2,1-2H3,(H,21,22)/b9-6+. The van der Waals surface area contributed by atoms with Gasteiger partial charge in [0.25, 0.3) is 0 Å². The predicted octanol–water partition coefficient (Wildman–Crippen LogP) is 4.52. The number of benzene rings is 1. The van der Waals surface area contributed by atoms with Gasteiger partial charge in [0, 0.05) is 10.5 Å². The molecule has 128 valence electrons. The Balaban J connectivity index is 2.17. The van der Waals surface area contributed by atoms with Crippen LogP contribution in [0.1, 0.15) is 33.3 Å². The number of nitriles is 1. The minimum Gasteiger partial charge on any atom is -0.462 e. The number of carbonyl (C=O) groups is 2. The van der Waals surface area contributed by atoms with Crippen molar-refractivity contribution in [1.82, 2.24) is 0 Å². The van der Waals surface area contributed by atoms with Gasteiger partial charge in [-0.05, 0) is 43.2 Å². The molecule has 1 aromatic heterocycles. The average Bonchev–Trinajstić information content (AvgIpc) is 2.90. The van der Waals surface area contributed by atoms with Gasteiger partial charge in [0.2, 0.25) is 5.91 Å². The molecule has 2 aromatic rings. The molecule has 0 radical (unpaired) electrons. The Morgan fingerprint density at radius 2 is 2.04 bits per heavy atom. The molecule has 0 saturated heterocycles. The highest BCUT2D eigenvalue weighted by Gasteiger charge is 2.21. The number of nitrogens with one attached hydrogen (secondary N) is 1. The number of halogens is 1. The van der Waals surface area contributed by atoms with E-state index < -0.39 is 5.97 Å². The number of amides is 1. The Morgan fingerprint density at radius 1 is 1.36 bits per heavy atom. The molecular formula is C18H15BrN2O3S. The van der Waals surface area contributed by atoms with Gasteiger partial charge in [-0.2, -0.15) is 5.26 Å². The van der Waals surface area contributed by atoms with E-state index in [-0.39, 0.29) is 18.1 Å². The van der Waals surface area contributed by atoms with Crippen LogP contribution < -0.4 is 5.32 Å². The number of anilines is 1. The molecule has 1 amide bonds. The van der Waals surface area contributed by atoms with Crippen LogP contribution in [0.15, 0.2) is 34.8 Å². The third kappa shape index (κ3) is 4.78. The van der Waals surface area contributed by atoms with Crippen molar-refractivity contribution in [2.75, 3.05) is 11.9 Å². The fourth-order valence-corrected chi connectivity index (χ4v) is 3.35. The van der Waals surface area contributed by atoms with Crippen molar-refractivity contribution in [3.63, 3.8) is 0 Å². The first-order valence-corrected chi connectivity index (χ1v) is 9.02. The van der Waals surface area contributed by atoms with Crippen molar-refractivity contribution < 1.29 is 14.3 Å². The van der Waals surface area contributed by atoms with E-state index in [9.17, 15) is 14.9 Å². The molecule has 0 saturated carbocycles. The van der Waals surface area contributed by atoms with Gasteiger partial charge in [0.15, 0.2) is 0 Å². The third-order valence-electron chi connectivity index (χ3n) is 3.25. The Labute approximate surface area is 158 Å². The largest absolute Gasteiger partial charge is 0.462 e. The number of hydrogen-bond donors (Lipinski definition) is 1. The molecule has 1 heterocycles. The second-order valence-corrected chi connectivity index (χ2v) is 6.90. The topological polar surface area (TPSA) is 79.2 Å². The lowest BCUT2D eigenvalue weighted by Gasteiger charge is -1.99. The number of hydrogen-bond acceptors (Lipinski definition) is 5. The maximum Gasteiger partial charge on any atom is 0.348 e. The first kappa shape index (κ1) is 18.9. The number of ether oxygens (including phenoxy) is 1. The molecule has 0 unspecified atom stereocenters. The molecule has 0 aliphatic carbocycles. The van der Waals surface area contributed by atoms with E-state index in [0.29, 0.717) is 15.4 Å². The molecule has 5 nitrogen and oxygen atoms in total. The molecule has 0 aliphatic heterocycles. The number of thiophene rings is 1. The number of esters is 1.